The number of halogens is 1. The van der Waals surface area contributed by atoms with Gasteiger partial charge in [-0.3, -0.25) is 4.79 Å². The Morgan fingerprint density at radius 3 is 2.45 bits per heavy atom. The number of rotatable bonds is 6. The highest BCUT2D eigenvalue weighted by atomic mass is 35.5. The molecule has 0 radical (unpaired) electrons. The average Bonchev–Trinajstić information content (AvgIpc) is 1.97. The molecule has 0 aliphatic carbocycles. The van der Waals surface area contributed by atoms with Crippen LogP contribution in [0, 0.1) is 5.92 Å². The molecule has 0 unspecified atom stereocenters. The van der Waals surface area contributed by atoms with Crippen molar-refractivity contribution in [3.8, 4) is 0 Å². The van der Waals surface area contributed by atoms with Gasteiger partial charge in [0.15, 0.2) is 0 Å². The van der Waals surface area contributed by atoms with E-state index in [1.54, 1.807) is 0 Å². The van der Waals surface area contributed by atoms with E-state index >= 15 is 0 Å². The van der Waals surface area contributed by atoms with Crippen LogP contribution in [-0.2, 0) is 4.79 Å². The van der Waals surface area contributed by atoms with E-state index in [2.05, 4.69) is 13.8 Å². The summed E-state index contributed by atoms with van der Waals surface area (Å²) in [5, 5.41) is -0.187. The molecular formula is C9H17ClO. The van der Waals surface area contributed by atoms with E-state index in [0.717, 1.165) is 12.8 Å². The zero-order valence-electron chi connectivity index (χ0n) is 7.40. The van der Waals surface area contributed by atoms with E-state index in [4.69, 9.17) is 11.6 Å². The topological polar surface area (TPSA) is 17.1 Å². The lowest BCUT2D eigenvalue weighted by Crippen LogP contribution is -2.02. The summed E-state index contributed by atoms with van der Waals surface area (Å²) in [6.07, 6.45) is 5.18. The number of hydrogen-bond acceptors (Lipinski definition) is 1. The molecular weight excluding hydrogens is 160 g/mol. The Labute approximate surface area is 74.1 Å². The van der Waals surface area contributed by atoms with Crippen LogP contribution in [0.3, 0.4) is 0 Å². The molecule has 0 aromatic rings. The summed E-state index contributed by atoms with van der Waals surface area (Å²) in [4.78, 5) is 10.5. The van der Waals surface area contributed by atoms with Gasteiger partial charge >= 0.3 is 0 Å². The fraction of sp³-hybridized carbons (Fsp3) is 0.889. The highest BCUT2D eigenvalue weighted by molar-refractivity contribution is 6.63. The van der Waals surface area contributed by atoms with Gasteiger partial charge in [0.25, 0.3) is 0 Å². The molecule has 0 aromatic heterocycles. The first kappa shape index (κ1) is 11.0. The summed E-state index contributed by atoms with van der Waals surface area (Å²) >= 11 is 5.29. The normalized spacial score (nSPS) is 13.0. The number of carbonyl (C=O) groups excluding carboxylic acids is 1. The summed E-state index contributed by atoms with van der Waals surface area (Å²) in [5.74, 6) is 0.514. The van der Waals surface area contributed by atoms with E-state index < -0.39 is 0 Å². The lowest BCUT2D eigenvalue weighted by Gasteiger charge is -2.10. The quantitative estimate of drug-likeness (QED) is 0.568. The third-order valence-electron chi connectivity index (χ3n) is 1.99. The molecule has 0 aliphatic rings. The number of carbonyl (C=O) groups is 1. The fourth-order valence-electron chi connectivity index (χ4n) is 1.17. The summed E-state index contributed by atoms with van der Waals surface area (Å²) < 4.78 is 0. The summed E-state index contributed by atoms with van der Waals surface area (Å²) in [6.45, 7) is 4.27. The predicted molar refractivity (Wildman–Crippen MR) is 48.8 cm³/mol. The van der Waals surface area contributed by atoms with Crippen molar-refractivity contribution in [2.45, 2.75) is 46.0 Å². The standard InChI is InChI=1S/C9H17ClO/c1-3-5-6-8(4-2)7-9(10)11/h8H,3-7H2,1-2H3/t8-/m0/s1. The fourth-order valence-corrected chi connectivity index (χ4v) is 1.39. The molecule has 0 amide bonds. The molecule has 11 heavy (non-hydrogen) atoms. The predicted octanol–water partition coefficient (Wildman–Crippen LogP) is 3.36. The van der Waals surface area contributed by atoms with Crippen LogP contribution >= 0.6 is 11.6 Å². The Kier molecular flexibility index (Phi) is 6.63. The van der Waals surface area contributed by atoms with Gasteiger partial charge in [-0.1, -0.05) is 33.1 Å². The molecule has 0 heterocycles. The van der Waals surface area contributed by atoms with Crippen LogP contribution in [0.1, 0.15) is 46.0 Å². The van der Waals surface area contributed by atoms with Crippen LogP contribution in [0.4, 0.5) is 0 Å². The van der Waals surface area contributed by atoms with Crippen LogP contribution in [0.25, 0.3) is 0 Å². The van der Waals surface area contributed by atoms with Crippen molar-refractivity contribution < 1.29 is 4.79 Å². The molecule has 0 spiro atoms. The SMILES string of the molecule is CCCC[C@H](CC)CC(=O)Cl. The van der Waals surface area contributed by atoms with Crippen LogP contribution < -0.4 is 0 Å². The van der Waals surface area contributed by atoms with E-state index in [-0.39, 0.29) is 5.24 Å². The van der Waals surface area contributed by atoms with Gasteiger partial charge in [-0.2, -0.15) is 0 Å². The highest BCUT2D eigenvalue weighted by Crippen LogP contribution is 2.17. The minimum Gasteiger partial charge on any atom is -0.281 e. The summed E-state index contributed by atoms with van der Waals surface area (Å²) in [5.41, 5.74) is 0. The second-order valence-corrected chi connectivity index (χ2v) is 3.40. The molecule has 0 saturated heterocycles. The third-order valence-corrected chi connectivity index (χ3v) is 2.15. The molecule has 0 fully saturated rings. The molecule has 1 atom stereocenters. The van der Waals surface area contributed by atoms with E-state index in [0.29, 0.717) is 12.3 Å². The van der Waals surface area contributed by atoms with E-state index in [9.17, 15) is 4.79 Å². The Balaban J connectivity index is 3.49. The smallest absolute Gasteiger partial charge is 0.221 e. The first-order chi connectivity index (χ1) is 5.20. The molecule has 0 bridgehead atoms. The van der Waals surface area contributed by atoms with Gasteiger partial charge < -0.3 is 0 Å². The van der Waals surface area contributed by atoms with Gasteiger partial charge in [0.1, 0.15) is 0 Å². The molecule has 1 nitrogen and oxygen atoms in total. The average molecular weight is 177 g/mol. The molecule has 0 rings (SSSR count). The zero-order chi connectivity index (χ0) is 8.69. The minimum atomic E-state index is -0.187. The summed E-state index contributed by atoms with van der Waals surface area (Å²) in [7, 11) is 0. The van der Waals surface area contributed by atoms with Crippen LogP contribution in [0.2, 0.25) is 0 Å². The molecule has 0 N–H and O–H groups in total. The van der Waals surface area contributed by atoms with Crippen LogP contribution in [0.15, 0.2) is 0 Å². The Bertz CT molecular complexity index is 112. The first-order valence-electron chi connectivity index (χ1n) is 4.39. The number of unbranched alkanes of at least 4 members (excludes halogenated alkanes) is 1. The van der Waals surface area contributed by atoms with Crippen molar-refractivity contribution in [1.29, 1.82) is 0 Å². The molecule has 66 valence electrons. The van der Waals surface area contributed by atoms with Crippen molar-refractivity contribution in [3.05, 3.63) is 0 Å². The molecule has 0 aliphatic heterocycles. The maximum absolute atomic E-state index is 10.5. The molecule has 0 saturated carbocycles. The second kappa shape index (κ2) is 6.66. The second-order valence-electron chi connectivity index (χ2n) is 2.98. The lowest BCUT2D eigenvalue weighted by atomic mass is 9.97. The molecule has 0 aromatic carbocycles. The Morgan fingerprint density at radius 2 is 2.09 bits per heavy atom. The van der Waals surface area contributed by atoms with Gasteiger partial charge in [0.05, 0.1) is 0 Å². The van der Waals surface area contributed by atoms with Crippen molar-refractivity contribution in [3.63, 3.8) is 0 Å². The van der Waals surface area contributed by atoms with Crippen LogP contribution in [0.5, 0.6) is 0 Å². The Hall–Kier alpha value is -0.0400. The van der Waals surface area contributed by atoms with Gasteiger partial charge in [-0.05, 0) is 23.9 Å². The van der Waals surface area contributed by atoms with Crippen LogP contribution in [-0.4, -0.2) is 5.24 Å². The summed E-state index contributed by atoms with van der Waals surface area (Å²) in [6, 6.07) is 0. The highest BCUT2D eigenvalue weighted by Gasteiger charge is 2.08. The van der Waals surface area contributed by atoms with Crippen molar-refractivity contribution in [2.24, 2.45) is 5.92 Å². The maximum atomic E-state index is 10.5. The van der Waals surface area contributed by atoms with Crippen molar-refractivity contribution >= 4 is 16.8 Å². The maximum Gasteiger partial charge on any atom is 0.221 e. The molecule has 2 heteroatoms. The largest absolute Gasteiger partial charge is 0.281 e. The minimum absolute atomic E-state index is 0.187. The van der Waals surface area contributed by atoms with E-state index in [1.165, 1.54) is 12.8 Å². The first-order valence-corrected chi connectivity index (χ1v) is 4.76. The van der Waals surface area contributed by atoms with E-state index in [1.807, 2.05) is 0 Å². The lowest BCUT2D eigenvalue weighted by molar-refractivity contribution is -0.112. The number of hydrogen-bond donors (Lipinski definition) is 0. The van der Waals surface area contributed by atoms with Gasteiger partial charge in [-0.25, -0.2) is 0 Å². The third kappa shape index (κ3) is 6.36. The van der Waals surface area contributed by atoms with Gasteiger partial charge in [0, 0.05) is 6.42 Å². The van der Waals surface area contributed by atoms with Crippen molar-refractivity contribution in [2.75, 3.05) is 0 Å². The van der Waals surface area contributed by atoms with Gasteiger partial charge in [0.2, 0.25) is 5.24 Å². The van der Waals surface area contributed by atoms with Crippen molar-refractivity contribution in [1.82, 2.24) is 0 Å². The Morgan fingerprint density at radius 1 is 1.45 bits per heavy atom. The zero-order valence-corrected chi connectivity index (χ0v) is 8.16. The monoisotopic (exact) mass is 176 g/mol. The van der Waals surface area contributed by atoms with Gasteiger partial charge in [-0.15, -0.1) is 0 Å².